The Balaban J connectivity index is 2.73. The molecule has 0 radical (unpaired) electrons. The molecule has 0 spiro atoms. The van der Waals surface area contributed by atoms with Crippen molar-refractivity contribution in [1.29, 1.82) is 0 Å². The van der Waals surface area contributed by atoms with Crippen molar-refractivity contribution in [2.45, 2.75) is 0 Å². The molecule has 5 nitrogen and oxygen atoms in total. The van der Waals surface area contributed by atoms with Gasteiger partial charge in [0.1, 0.15) is 5.52 Å². The Morgan fingerprint density at radius 2 is 2.29 bits per heavy atom. The molecule has 0 unspecified atom stereocenters. The van der Waals surface area contributed by atoms with Crippen molar-refractivity contribution in [3.63, 3.8) is 0 Å². The van der Waals surface area contributed by atoms with Crippen LogP contribution in [0.2, 0.25) is 0 Å². The molecule has 0 atom stereocenters. The molecule has 1 aromatic heterocycles. The maximum absolute atomic E-state index is 10.5. The lowest BCUT2D eigenvalue weighted by Crippen LogP contribution is -2.29. The number of nitro groups is 1. The molecule has 2 rings (SSSR count). The third-order valence-electron chi connectivity index (χ3n) is 2.06. The topological polar surface area (TPSA) is 73.0 Å². The van der Waals surface area contributed by atoms with E-state index in [9.17, 15) is 10.1 Å². The number of benzene rings is 1. The van der Waals surface area contributed by atoms with Crippen molar-refractivity contribution in [1.82, 2.24) is 0 Å². The number of aryl methyl sites for hydroxylation is 1. The van der Waals surface area contributed by atoms with Crippen molar-refractivity contribution in [3.8, 4) is 0 Å². The van der Waals surface area contributed by atoms with Crippen LogP contribution < -0.4 is 10.3 Å². The zero-order valence-corrected chi connectivity index (χ0v) is 8.25. The van der Waals surface area contributed by atoms with Gasteiger partial charge in [0.15, 0.2) is 0 Å². The van der Waals surface area contributed by atoms with E-state index in [1.54, 1.807) is 6.07 Å². The van der Waals surface area contributed by atoms with Crippen molar-refractivity contribution in [2.24, 2.45) is 7.05 Å². The van der Waals surface area contributed by atoms with E-state index >= 15 is 0 Å². The highest BCUT2D eigenvalue weighted by Gasteiger charge is 2.14. The number of nitrogens with zero attached hydrogens (tertiary/aromatic N) is 2. The van der Waals surface area contributed by atoms with E-state index in [-0.39, 0.29) is 5.69 Å². The average molecular weight is 210 g/mol. The highest BCUT2D eigenvalue weighted by molar-refractivity contribution is 7.21. The molecule has 6 heteroatoms. The van der Waals surface area contributed by atoms with Gasteiger partial charge < -0.3 is 0 Å². The van der Waals surface area contributed by atoms with Crippen LogP contribution in [0, 0.1) is 10.1 Å². The number of non-ortho nitro benzene ring substituents is 1. The van der Waals surface area contributed by atoms with Crippen LogP contribution in [0.1, 0.15) is 0 Å². The Bertz CT molecular complexity index is 521. The van der Waals surface area contributed by atoms with Gasteiger partial charge in [-0.05, 0) is 17.4 Å². The van der Waals surface area contributed by atoms with Gasteiger partial charge in [-0.3, -0.25) is 15.8 Å². The van der Waals surface area contributed by atoms with Crippen LogP contribution in [0.3, 0.4) is 0 Å². The van der Waals surface area contributed by atoms with Crippen LogP contribution in [0.25, 0.3) is 10.2 Å². The number of hydrogen-bond donors (Lipinski definition) is 1. The molecule has 14 heavy (non-hydrogen) atoms. The van der Waals surface area contributed by atoms with Gasteiger partial charge in [-0.15, -0.1) is 0 Å². The van der Waals surface area contributed by atoms with E-state index in [0.29, 0.717) is 5.13 Å². The Labute approximate surface area is 83.5 Å². The first-order valence-corrected chi connectivity index (χ1v) is 4.73. The lowest BCUT2D eigenvalue weighted by molar-refractivity contribution is -0.626. The summed E-state index contributed by atoms with van der Waals surface area (Å²) in [6.07, 6.45) is 0. The lowest BCUT2D eigenvalue weighted by atomic mass is 10.3. The number of nitrogen functional groups attached to an aromatic ring is 1. The monoisotopic (exact) mass is 210 g/mol. The number of nitrogens with two attached hydrogens (primary N) is 1. The second-order valence-corrected chi connectivity index (χ2v) is 3.97. The van der Waals surface area contributed by atoms with Gasteiger partial charge >= 0.3 is 5.13 Å². The van der Waals surface area contributed by atoms with Gasteiger partial charge in [0.25, 0.3) is 5.69 Å². The molecule has 2 N–H and O–H groups in total. The third-order valence-corrected chi connectivity index (χ3v) is 3.09. The van der Waals surface area contributed by atoms with E-state index in [4.69, 9.17) is 5.73 Å². The molecule has 0 amide bonds. The normalized spacial score (nSPS) is 10.6. The smallest absolute Gasteiger partial charge is 0.278 e. The third kappa shape index (κ3) is 1.20. The molecule has 1 aromatic carbocycles. The fraction of sp³-hybridized carbons (Fsp3) is 0.125. The van der Waals surface area contributed by atoms with E-state index in [1.807, 2.05) is 11.6 Å². The van der Waals surface area contributed by atoms with E-state index in [1.165, 1.54) is 23.5 Å². The second kappa shape index (κ2) is 2.91. The summed E-state index contributed by atoms with van der Waals surface area (Å²) in [6, 6.07) is 4.73. The van der Waals surface area contributed by atoms with Crippen molar-refractivity contribution in [3.05, 3.63) is 28.3 Å². The summed E-state index contributed by atoms with van der Waals surface area (Å²) in [5.41, 5.74) is 6.70. The second-order valence-electron chi connectivity index (χ2n) is 2.91. The zero-order chi connectivity index (χ0) is 10.3. The minimum Gasteiger partial charge on any atom is -0.278 e. The molecular weight excluding hydrogens is 202 g/mol. The maximum Gasteiger partial charge on any atom is 0.332 e. The number of anilines is 1. The molecule has 0 saturated carbocycles. The van der Waals surface area contributed by atoms with Crippen molar-refractivity contribution in [2.75, 3.05) is 5.73 Å². The summed E-state index contributed by atoms with van der Waals surface area (Å²) in [7, 11) is 1.83. The van der Waals surface area contributed by atoms with Gasteiger partial charge in [0.2, 0.25) is 0 Å². The van der Waals surface area contributed by atoms with Crippen LogP contribution in [-0.4, -0.2) is 4.92 Å². The Kier molecular flexibility index (Phi) is 1.85. The standard InChI is InChI=1S/C8H7N3O2S/c1-10-6-3-2-5(11(12)13)4-7(6)14-8(10)9/h2-4,9H,1H3/p+1. The molecule has 0 bridgehead atoms. The summed E-state index contributed by atoms with van der Waals surface area (Å²) in [5.74, 6) is 0. The van der Waals surface area contributed by atoms with Crippen LogP contribution in [0.15, 0.2) is 18.2 Å². The quantitative estimate of drug-likeness (QED) is 0.437. The molecule has 2 aromatic rings. The van der Waals surface area contributed by atoms with Crippen molar-refractivity contribution >= 4 is 32.4 Å². The Morgan fingerprint density at radius 3 is 2.93 bits per heavy atom. The average Bonchev–Trinajstić information content (AvgIpc) is 2.42. The van der Waals surface area contributed by atoms with Crippen LogP contribution in [0.4, 0.5) is 10.8 Å². The van der Waals surface area contributed by atoms with Gasteiger partial charge in [-0.25, -0.2) is 4.57 Å². The van der Waals surface area contributed by atoms with E-state index in [2.05, 4.69) is 0 Å². The van der Waals surface area contributed by atoms with Crippen LogP contribution >= 0.6 is 11.3 Å². The summed E-state index contributed by atoms with van der Waals surface area (Å²) in [4.78, 5) is 10.1. The number of nitro benzene ring substituents is 1. The maximum atomic E-state index is 10.5. The summed E-state index contributed by atoms with van der Waals surface area (Å²) in [6.45, 7) is 0. The molecule has 1 heterocycles. The highest BCUT2D eigenvalue weighted by Crippen LogP contribution is 2.25. The van der Waals surface area contributed by atoms with Crippen LogP contribution in [-0.2, 0) is 7.05 Å². The Morgan fingerprint density at radius 1 is 1.57 bits per heavy atom. The van der Waals surface area contributed by atoms with Gasteiger partial charge in [-0.2, -0.15) is 0 Å². The number of fused-ring (bicyclic) bond motifs is 1. The largest absolute Gasteiger partial charge is 0.332 e. The van der Waals surface area contributed by atoms with Gasteiger partial charge in [0.05, 0.1) is 16.7 Å². The summed E-state index contributed by atoms with van der Waals surface area (Å²) in [5, 5.41) is 11.1. The molecule has 0 saturated heterocycles. The Hall–Kier alpha value is -1.69. The van der Waals surface area contributed by atoms with Crippen LogP contribution in [0.5, 0.6) is 0 Å². The highest BCUT2D eigenvalue weighted by atomic mass is 32.1. The SMILES string of the molecule is C[n+]1c(N)sc2cc([N+](=O)[O-])ccc21. The fourth-order valence-corrected chi connectivity index (χ4v) is 2.22. The number of hydrogen-bond acceptors (Lipinski definition) is 4. The molecule has 0 fully saturated rings. The minimum atomic E-state index is -0.407. The van der Waals surface area contributed by atoms with Crippen molar-refractivity contribution < 1.29 is 9.49 Å². The van der Waals surface area contributed by atoms with E-state index < -0.39 is 4.92 Å². The predicted octanol–water partition coefficient (Wildman–Crippen LogP) is 1.22. The summed E-state index contributed by atoms with van der Waals surface area (Å²) >= 11 is 1.35. The molecule has 0 aliphatic carbocycles. The van der Waals surface area contributed by atoms with Gasteiger partial charge in [-0.1, -0.05) is 0 Å². The fourth-order valence-electron chi connectivity index (χ4n) is 1.28. The lowest BCUT2D eigenvalue weighted by Gasteiger charge is -1.90. The number of aromatic nitrogens is 1. The number of rotatable bonds is 1. The zero-order valence-electron chi connectivity index (χ0n) is 7.43. The molecule has 0 aliphatic heterocycles. The first-order chi connectivity index (χ1) is 6.59. The minimum absolute atomic E-state index is 0.0966. The molecule has 0 aliphatic rings. The van der Waals surface area contributed by atoms with Gasteiger partial charge in [0, 0.05) is 12.1 Å². The first-order valence-electron chi connectivity index (χ1n) is 3.92. The predicted molar refractivity (Wildman–Crippen MR) is 54.1 cm³/mol. The molecule has 72 valence electrons. The number of thiazole rings is 1. The first kappa shape index (κ1) is 8.89. The summed E-state index contributed by atoms with van der Waals surface area (Å²) < 4.78 is 2.64. The molecular formula is C8H8N3O2S+. The van der Waals surface area contributed by atoms with E-state index in [0.717, 1.165) is 10.2 Å².